The van der Waals surface area contributed by atoms with Gasteiger partial charge in [0.2, 0.25) is 17.7 Å². The molecule has 3 rings (SSSR count). The number of hydrogen-bond acceptors (Lipinski definition) is 6. The van der Waals surface area contributed by atoms with Gasteiger partial charge in [0.05, 0.1) is 0 Å². The minimum absolute atomic E-state index is 0.0896. The minimum atomic E-state index is -0.860. The van der Waals surface area contributed by atoms with Gasteiger partial charge in [-0.25, -0.2) is 0 Å². The number of hydrogen-bond donors (Lipinski definition) is 3. The molecule has 1 heterocycles. The molecule has 0 saturated heterocycles. The lowest BCUT2D eigenvalue weighted by molar-refractivity contribution is -0.146. The number of fused-ring (bicyclic) bond motifs is 1. The van der Waals surface area contributed by atoms with Crippen LogP contribution in [0.3, 0.4) is 0 Å². The molecule has 0 aliphatic heterocycles. The number of aliphatic hydroxyl groups excluding tert-OH is 1. The maximum atomic E-state index is 14.4. The molecule has 0 aliphatic carbocycles. The van der Waals surface area contributed by atoms with Crippen LogP contribution in [0.4, 0.5) is 0 Å². The van der Waals surface area contributed by atoms with E-state index in [1.165, 1.54) is 27.2 Å². The van der Waals surface area contributed by atoms with Crippen LogP contribution in [0.1, 0.15) is 57.4 Å². The number of amides is 3. The Morgan fingerprint density at radius 3 is 2.27 bits per heavy atom. The first-order chi connectivity index (χ1) is 21.3. The van der Waals surface area contributed by atoms with E-state index in [0.29, 0.717) is 12.8 Å². The first-order valence-corrected chi connectivity index (χ1v) is 16.6. The van der Waals surface area contributed by atoms with Crippen LogP contribution >= 0.6 is 11.3 Å². The van der Waals surface area contributed by atoms with Crippen LogP contribution in [-0.4, -0.2) is 77.5 Å². The molecule has 4 N–H and O–H groups in total. The summed E-state index contributed by atoms with van der Waals surface area (Å²) >= 11 is 1.52. The number of rotatable bonds is 16. The Morgan fingerprint density at radius 2 is 1.64 bits per heavy atom. The van der Waals surface area contributed by atoms with Gasteiger partial charge in [-0.3, -0.25) is 14.4 Å². The molecule has 0 saturated carbocycles. The Bertz CT molecular complexity index is 1450. The van der Waals surface area contributed by atoms with Crippen LogP contribution in [0.5, 0.6) is 0 Å². The predicted octanol–water partition coefficient (Wildman–Crippen LogP) is 4.94. The van der Waals surface area contributed by atoms with Crippen LogP contribution in [-0.2, 0) is 27.2 Å². The lowest BCUT2D eigenvalue weighted by Crippen LogP contribution is -2.56. The molecule has 0 bridgehead atoms. The zero-order chi connectivity index (χ0) is 33.2. The summed E-state index contributed by atoms with van der Waals surface area (Å²) in [6, 6.07) is 16.2. The van der Waals surface area contributed by atoms with Crippen LogP contribution < -0.4 is 11.1 Å². The zero-order valence-electron chi connectivity index (χ0n) is 27.6. The Hall–Kier alpha value is -3.53. The lowest BCUT2D eigenvalue weighted by Gasteiger charge is -2.35. The first-order valence-electron chi connectivity index (χ1n) is 15.7. The monoisotopic (exact) mass is 634 g/mol. The predicted molar refractivity (Wildman–Crippen MR) is 184 cm³/mol. The summed E-state index contributed by atoms with van der Waals surface area (Å²) in [6.45, 7) is 7.96. The second-order valence-electron chi connectivity index (χ2n) is 12.8. The van der Waals surface area contributed by atoms with Crippen molar-refractivity contribution >= 4 is 39.8 Å². The Morgan fingerprint density at radius 1 is 0.956 bits per heavy atom. The normalized spacial score (nSPS) is 13.5. The molecule has 0 aliphatic rings. The maximum absolute atomic E-state index is 14.4. The molecule has 1 aromatic heterocycles. The summed E-state index contributed by atoms with van der Waals surface area (Å²) in [4.78, 5) is 45.4. The highest BCUT2D eigenvalue weighted by molar-refractivity contribution is 7.09. The third-order valence-corrected chi connectivity index (χ3v) is 9.70. The van der Waals surface area contributed by atoms with Gasteiger partial charge in [0.15, 0.2) is 0 Å². The van der Waals surface area contributed by atoms with Crippen LogP contribution in [0.15, 0.2) is 72.1 Å². The summed E-state index contributed by atoms with van der Waals surface area (Å²) in [7, 11) is 3.27. The fourth-order valence-electron chi connectivity index (χ4n) is 5.10. The van der Waals surface area contributed by atoms with Gasteiger partial charge < -0.3 is 26.0 Å². The minimum Gasteiger partial charge on any atom is -0.396 e. The highest BCUT2D eigenvalue weighted by Gasteiger charge is 2.35. The SMILES string of the molecule is CCC(N)(CC)CC=CC(=O)N(C)[C@H](Cc1ccc2ccccc2c1)C(=O)N(C)[C@H](Cc1cccs1)C(=O)NCC(C)(C)CO. The number of aliphatic hydroxyl groups is 1. The van der Waals surface area contributed by atoms with Gasteiger partial charge in [-0.1, -0.05) is 82.3 Å². The smallest absolute Gasteiger partial charge is 0.246 e. The average molecular weight is 635 g/mol. The van der Waals surface area contributed by atoms with Crippen molar-refractivity contribution in [2.75, 3.05) is 27.2 Å². The van der Waals surface area contributed by atoms with Gasteiger partial charge in [0.25, 0.3) is 0 Å². The van der Waals surface area contributed by atoms with Crippen molar-refractivity contribution < 1.29 is 19.5 Å². The molecule has 3 amide bonds. The highest BCUT2D eigenvalue weighted by Crippen LogP contribution is 2.22. The van der Waals surface area contributed by atoms with E-state index >= 15 is 0 Å². The van der Waals surface area contributed by atoms with Crippen LogP contribution in [0.25, 0.3) is 10.8 Å². The Balaban J connectivity index is 1.94. The quantitative estimate of drug-likeness (QED) is 0.193. The number of benzene rings is 2. The molecule has 3 aromatic rings. The number of nitrogens with one attached hydrogen (secondary N) is 1. The van der Waals surface area contributed by atoms with Crippen molar-refractivity contribution in [3.63, 3.8) is 0 Å². The van der Waals surface area contributed by atoms with Gasteiger partial charge in [-0.2, -0.15) is 0 Å². The van der Waals surface area contributed by atoms with E-state index in [9.17, 15) is 19.5 Å². The number of nitrogens with two attached hydrogens (primary N) is 1. The molecule has 0 unspecified atom stereocenters. The molecule has 244 valence electrons. The van der Waals surface area contributed by atoms with Crippen molar-refractivity contribution in [2.45, 2.75) is 77.4 Å². The fraction of sp³-hybridized carbons (Fsp3) is 0.472. The molecule has 45 heavy (non-hydrogen) atoms. The molecule has 2 aromatic carbocycles. The average Bonchev–Trinajstić information content (AvgIpc) is 3.57. The Kier molecular flexibility index (Phi) is 12.9. The van der Waals surface area contributed by atoms with Crippen molar-refractivity contribution in [1.82, 2.24) is 15.1 Å². The third kappa shape index (κ3) is 9.98. The van der Waals surface area contributed by atoms with Gasteiger partial charge in [0.1, 0.15) is 12.1 Å². The first kappa shape index (κ1) is 35.9. The lowest BCUT2D eigenvalue weighted by atomic mass is 9.90. The summed E-state index contributed by atoms with van der Waals surface area (Å²) < 4.78 is 0. The van der Waals surface area contributed by atoms with E-state index in [-0.39, 0.29) is 42.8 Å². The molecule has 0 radical (unpaired) electrons. The molecule has 2 atom stereocenters. The number of carbonyl (C=O) groups is 3. The standard InChI is InChI=1S/C36H50N4O4S/c1-7-36(37,8-2)19-11-16-32(42)39(5)31(22-26-17-18-27-13-9-10-14-28(27)21-26)34(44)40(6)30(23-29-15-12-20-45-29)33(43)38-24-35(3,4)25-41/h9-18,20-21,30-31,41H,7-8,19,22-25,37H2,1-6H3,(H,38,43)/t30-,31-/m1/s1. The van der Waals surface area contributed by atoms with E-state index < -0.39 is 17.5 Å². The van der Waals surface area contributed by atoms with Gasteiger partial charge in [-0.05, 0) is 53.1 Å². The topological polar surface area (TPSA) is 116 Å². The van der Waals surface area contributed by atoms with Crippen molar-refractivity contribution in [2.24, 2.45) is 11.1 Å². The van der Waals surface area contributed by atoms with Crippen molar-refractivity contribution in [3.05, 3.63) is 82.6 Å². The molecular formula is C36H50N4O4S. The van der Waals surface area contributed by atoms with Gasteiger partial charge in [-0.15, -0.1) is 11.3 Å². The number of likely N-dealkylation sites (N-methyl/N-ethyl adjacent to an activating group) is 2. The van der Waals surface area contributed by atoms with Gasteiger partial charge in [0, 0.05) is 55.9 Å². The summed E-state index contributed by atoms with van der Waals surface area (Å²) in [5.41, 5.74) is 6.45. The number of thiophene rings is 1. The van der Waals surface area contributed by atoms with E-state index in [0.717, 1.165) is 34.1 Å². The van der Waals surface area contributed by atoms with Crippen LogP contribution in [0.2, 0.25) is 0 Å². The van der Waals surface area contributed by atoms with Crippen molar-refractivity contribution in [1.29, 1.82) is 0 Å². The second-order valence-corrected chi connectivity index (χ2v) is 13.8. The van der Waals surface area contributed by atoms with E-state index in [2.05, 4.69) is 5.32 Å². The molecule has 8 nitrogen and oxygen atoms in total. The number of carbonyl (C=O) groups excluding carboxylic acids is 3. The summed E-state index contributed by atoms with van der Waals surface area (Å²) in [5.74, 6) is -0.945. The fourth-order valence-corrected chi connectivity index (χ4v) is 5.84. The summed E-state index contributed by atoms with van der Waals surface area (Å²) in [6.07, 6.45) is 6.03. The third-order valence-electron chi connectivity index (χ3n) is 8.80. The number of nitrogens with zero attached hydrogens (tertiary/aromatic N) is 2. The second kappa shape index (κ2) is 16.2. The molecule has 9 heteroatoms. The van der Waals surface area contributed by atoms with Crippen LogP contribution in [0, 0.1) is 5.41 Å². The zero-order valence-corrected chi connectivity index (χ0v) is 28.4. The molecule has 0 fully saturated rings. The molecular weight excluding hydrogens is 584 g/mol. The van der Waals surface area contributed by atoms with E-state index in [1.807, 2.05) is 87.7 Å². The summed E-state index contributed by atoms with van der Waals surface area (Å²) in [5, 5.41) is 16.7. The largest absolute Gasteiger partial charge is 0.396 e. The maximum Gasteiger partial charge on any atom is 0.246 e. The van der Waals surface area contributed by atoms with Gasteiger partial charge >= 0.3 is 0 Å². The Labute approximate surface area is 272 Å². The van der Waals surface area contributed by atoms with Crippen molar-refractivity contribution in [3.8, 4) is 0 Å². The highest BCUT2D eigenvalue weighted by atomic mass is 32.1. The van der Waals surface area contributed by atoms with E-state index in [1.54, 1.807) is 20.2 Å². The van der Waals surface area contributed by atoms with E-state index in [4.69, 9.17) is 5.73 Å². The molecule has 0 spiro atoms.